The van der Waals surface area contributed by atoms with Crippen LogP contribution in [0.2, 0.25) is 0 Å². The van der Waals surface area contributed by atoms with Crippen LogP contribution in [0.3, 0.4) is 0 Å². The minimum absolute atomic E-state index is 0.0333. The third kappa shape index (κ3) is 1.47. The maximum Gasteiger partial charge on any atom is 0.264 e. The van der Waals surface area contributed by atoms with Crippen LogP contribution >= 0.6 is 0 Å². The number of fused-ring (bicyclic) bond motifs is 3. The number of rotatable bonds is 0. The minimum Gasteiger partial charge on any atom is -0.268 e. The van der Waals surface area contributed by atoms with Gasteiger partial charge in [0.15, 0.2) is 0 Å². The van der Waals surface area contributed by atoms with Crippen LogP contribution in [0.4, 0.5) is 0 Å². The van der Waals surface area contributed by atoms with Crippen molar-refractivity contribution in [3.8, 4) is 0 Å². The second-order valence-corrected chi connectivity index (χ2v) is 6.28. The maximum absolute atomic E-state index is 13.3. The Morgan fingerprint density at radius 3 is 2.56 bits per heavy atom. The molecule has 0 saturated carbocycles. The van der Waals surface area contributed by atoms with Gasteiger partial charge in [-0.1, -0.05) is 48.5 Å². The van der Waals surface area contributed by atoms with Crippen molar-refractivity contribution >= 4 is 49.0 Å². The van der Waals surface area contributed by atoms with Gasteiger partial charge in [-0.3, -0.25) is 9.20 Å². The average Bonchev–Trinajstić information content (AvgIpc) is 2.66. The van der Waals surface area contributed by atoms with Crippen LogP contribution in [0, 0.1) is 12.1 Å². The minimum atomic E-state index is -0.0333. The van der Waals surface area contributed by atoms with E-state index in [9.17, 15) is 4.79 Å². The molecule has 0 aliphatic heterocycles. The Bertz CT molecular complexity index is 1500. The first-order chi connectivity index (χ1) is 12.3. The van der Waals surface area contributed by atoms with Gasteiger partial charge in [0.2, 0.25) is 0 Å². The van der Waals surface area contributed by atoms with Crippen LogP contribution < -0.4 is 5.56 Å². The zero-order valence-electron chi connectivity index (χ0n) is 13.1. The Morgan fingerprint density at radius 1 is 0.880 bits per heavy atom. The molecule has 4 aromatic carbocycles. The van der Waals surface area contributed by atoms with E-state index in [2.05, 4.69) is 12.1 Å². The van der Waals surface area contributed by atoms with Crippen molar-refractivity contribution in [1.82, 2.24) is 9.38 Å². The Balaban J connectivity index is 2.09. The normalized spacial score (nSPS) is 11.8. The first-order valence-electron chi connectivity index (χ1n) is 8.13. The highest BCUT2D eigenvalue weighted by Gasteiger charge is 2.15. The van der Waals surface area contributed by atoms with E-state index in [0.717, 1.165) is 43.4 Å². The third-order valence-electron chi connectivity index (χ3n) is 4.97. The van der Waals surface area contributed by atoms with E-state index in [0.29, 0.717) is 5.65 Å². The molecule has 6 rings (SSSR count). The standard InChI is InChI=1S/C22H10N2O/c25-22-16-10-2-6-13-5-1-9-15(19(13)16)21-23-17-11-3-7-14-8-4-12-18(20(14)17)24(21)22/h1-2,4-6,8-12H. The van der Waals surface area contributed by atoms with Crippen molar-refractivity contribution < 1.29 is 0 Å². The Hall–Kier alpha value is -3.64. The summed E-state index contributed by atoms with van der Waals surface area (Å²) in [6.07, 6.45) is 0. The van der Waals surface area contributed by atoms with Gasteiger partial charge in [-0.15, -0.1) is 0 Å². The van der Waals surface area contributed by atoms with Gasteiger partial charge < -0.3 is 0 Å². The fraction of sp³-hybridized carbons (Fsp3) is 0. The van der Waals surface area contributed by atoms with Gasteiger partial charge in [0.05, 0.1) is 11.0 Å². The van der Waals surface area contributed by atoms with Crippen LogP contribution in [0.25, 0.3) is 49.0 Å². The molecule has 2 aromatic heterocycles. The summed E-state index contributed by atoms with van der Waals surface area (Å²) in [6, 6.07) is 25.8. The fourth-order valence-corrected chi connectivity index (χ4v) is 3.93. The highest BCUT2D eigenvalue weighted by Crippen LogP contribution is 2.30. The van der Waals surface area contributed by atoms with Crippen molar-refractivity contribution in [2.24, 2.45) is 0 Å². The maximum atomic E-state index is 13.3. The molecule has 0 amide bonds. The smallest absolute Gasteiger partial charge is 0.264 e. The first kappa shape index (κ1) is 12.7. The second-order valence-electron chi connectivity index (χ2n) is 6.28. The molecule has 0 unspecified atom stereocenters. The van der Waals surface area contributed by atoms with E-state index in [1.54, 1.807) is 4.40 Å². The number of benzene rings is 3. The number of hydrogen-bond acceptors (Lipinski definition) is 2. The summed E-state index contributed by atoms with van der Waals surface area (Å²) in [4.78, 5) is 18.1. The lowest BCUT2D eigenvalue weighted by atomic mass is 10.0. The van der Waals surface area contributed by atoms with E-state index in [4.69, 9.17) is 4.98 Å². The SMILES string of the molecule is O=c1c2cccc3cccc(c32)c2nc3cc#cc4cccc(c43)n12. The Kier molecular flexibility index (Phi) is 2.17. The molecule has 0 saturated heterocycles. The van der Waals surface area contributed by atoms with Crippen molar-refractivity contribution in [2.45, 2.75) is 0 Å². The first-order valence-corrected chi connectivity index (χ1v) is 8.13. The summed E-state index contributed by atoms with van der Waals surface area (Å²) >= 11 is 0. The van der Waals surface area contributed by atoms with E-state index < -0.39 is 0 Å². The van der Waals surface area contributed by atoms with Crippen molar-refractivity contribution in [2.75, 3.05) is 0 Å². The summed E-state index contributed by atoms with van der Waals surface area (Å²) in [5.41, 5.74) is 2.35. The molecule has 2 heterocycles. The number of nitrogens with zero attached hydrogens (tertiary/aromatic N) is 2. The molecule has 0 radical (unpaired) electrons. The molecule has 0 aliphatic rings. The molecule has 25 heavy (non-hydrogen) atoms. The zero-order valence-corrected chi connectivity index (χ0v) is 13.1. The third-order valence-corrected chi connectivity index (χ3v) is 4.97. The van der Waals surface area contributed by atoms with E-state index >= 15 is 0 Å². The van der Waals surface area contributed by atoms with Gasteiger partial charge in [0.25, 0.3) is 5.56 Å². The van der Waals surface area contributed by atoms with Gasteiger partial charge in [-0.25, -0.2) is 4.98 Å². The quantitative estimate of drug-likeness (QED) is 0.308. The fourth-order valence-electron chi connectivity index (χ4n) is 3.93. The molecule has 3 heteroatoms. The van der Waals surface area contributed by atoms with E-state index in [1.165, 1.54) is 0 Å². The molecule has 0 bridgehead atoms. The molecule has 0 N–H and O–H groups in total. The van der Waals surface area contributed by atoms with Crippen molar-refractivity contribution in [1.29, 1.82) is 0 Å². The molecule has 0 spiro atoms. The molecular weight excluding hydrogens is 308 g/mol. The second kappa shape index (κ2) is 4.25. The van der Waals surface area contributed by atoms with Gasteiger partial charge >= 0.3 is 0 Å². The molecule has 0 atom stereocenters. The number of aromatic nitrogens is 2. The summed E-state index contributed by atoms with van der Waals surface area (Å²) in [5, 5.41) is 5.62. The van der Waals surface area contributed by atoms with Crippen LogP contribution in [-0.2, 0) is 0 Å². The van der Waals surface area contributed by atoms with Crippen LogP contribution in [0.5, 0.6) is 0 Å². The Morgan fingerprint density at radius 2 is 1.68 bits per heavy atom. The molecule has 114 valence electrons. The zero-order chi connectivity index (χ0) is 16.5. The van der Waals surface area contributed by atoms with Gasteiger partial charge in [-0.05, 0) is 23.6 Å². The number of pyridine rings is 1. The molecule has 6 aromatic rings. The van der Waals surface area contributed by atoms with Crippen LogP contribution in [0.15, 0.2) is 65.5 Å². The highest BCUT2D eigenvalue weighted by atomic mass is 16.1. The van der Waals surface area contributed by atoms with Gasteiger partial charge in [0, 0.05) is 33.0 Å². The van der Waals surface area contributed by atoms with E-state index in [1.807, 2.05) is 60.7 Å². The number of hydrogen-bond donors (Lipinski definition) is 0. The average molecular weight is 318 g/mol. The topological polar surface area (TPSA) is 34.4 Å². The lowest BCUT2D eigenvalue weighted by Gasteiger charge is -2.13. The lowest BCUT2D eigenvalue weighted by Crippen LogP contribution is -2.16. The van der Waals surface area contributed by atoms with Crippen LogP contribution in [0.1, 0.15) is 0 Å². The molecule has 0 fully saturated rings. The summed E-state index contributed by atoms with van der Waals surface area (Å²) in [5.74, 6) is 0. The van der Waals surface area contributed by atoms with Crippen molar-refractivity contribution in [3.63, 3.8) is 0 Å². The van der Waals surface area contributed by atoms with Crippen LogP contribution in [-0.4, -0.2) is 9.38 Å². The monoisotopic (exact) mass is 318 g/mol. The summed E-state index contributed by atoms with van der Waals surface area (Å²) in [7, 11) is 0. The summed E-state index contributed by atoms with van der Waals surface area (Å²) in [6.45, 7) is 0. The predicted octanol–water partition coefficient (Wildman–Crippen LogP) is 4.35. The highest BCUT2D eigenvalue weighted by molar-refractivity contribution is 6.16. The molecule has 3 nitrogen and oxygen atoms in total. The van der Waals surface area contributed by atoms with Gasteiger partial charge in [0.1, 0.15) is 5.65 Å². The molecule has 0 aliphatic carbocycles. The van der Waals surface area contributed by atoms with Crippen molar-refractivity contribution in [3.05, 3.63) is 83.2 Å². The van der Waals surface area contributed by atoms with Gasteiger partial charge in [-0.2, -0.15) is 0 Å². The molecular formula is C22H10N2O. The summed E-state index contributed by atoms with van der Waals surface area (Å²) < 4.78 is 1.74. The Labute approximate surface area is 142 Å². The lowest BCUT2D eigenvalue weighted by molar-refractivity contribution is 1.15. The largest absolute Gasteiger partial charge is 0.268 e. The van der Waals surface area contributed by atoms with E-state index in [-0.39, 0.29) is 5.56 Å². The predicted molar refractivity (Wildman–Crippen MR) is 100 cm³/mol.